The number of rotatable bonds is 7. The Labute approximate surface area is 175 Å². The van der Waals surface area contributed by atoms with Crippen LogP contribution in [0.1, 0.15) is 15.9 Å². The number of hydrogen-bond acceptors (Lipinski definition) is 4. The van der Waals surface area contributed by atoms with E-state index in [2.05, 4.69) is 14.6 Å². The number of nitrogens with zero attached hydrogens (tertiary/aromatic N) is 1. The summed E-state index contributed by atoms with van der Waals surface area (Å²) in [6, 6.07) is 14.3. The molecule has 3 aromatic rings. The largest absolute Gasteiger partial charge is 0.507 e. The van der Waals surface area contributed by atoms with Crippen LogP contribution in [0.4, 0.5) is 8.78 Å². The van der Waals surface area contributed by atoms with Crippen molar-refractivity contribution < 1.29 is 23.1 Å². The molecule has 0 aliphatic rings. The number of alkyl halides is 2. The van der Waals surface area contributed by atoms with Gasteiger partial charge in [-0.05, 0) is 23.3 Å². The van der Waals surface area contributed by atoms with Gasteiger partial charge in [0, 0.05) is 23.5 Å². The van der Waals surface area contributed by atoms with Gasteiger partial charge in [-0.1, -0.05) is 65.7 Å². The van der Waals surface area contributed by atoms with E-state index >= 15 is 0 Å². The fraction of sp³-hybridized carbons (Fsp3) is 0.100. The molecule has 0 saturated carbocycles. The second-order valence-corrected chi connectivity index (χ2v) is 6.64. The summed E-state index contributed by atoms with van der Waals surface area (Å²) in [5, 5.41) is 0.742. The Morgan fingerprint density at radius 3 is 2.24 bits per heavy atom. The number of halogens is 4. The number of carbonyl (C=O) groups is 1. The first-order chi connectivity index (χ1) is 13.9. The van der Waals surface area contributed by atoms with Gasteiger partial charge >= 0.3 is 6.29 Å². The van der Waals surface area contributed by atoms with Crippen LogP contribution >= 0.6 is 23.2 Å². The van der Waals surface area contributed by atoms with E-state index in [4.69, 9.17) is 23.2 Å². The lowest BCUT2D eigenvalue weighted by Gasteiger charge is -2.16. The predicted octanol–water partition coefficient (Wildman–Crippen LogP) is 5.48. The summed E-state index contributed by atoms with van der Waals surface area (Å²) in [7, 11) is 0. The average molecular weight is 439 g/mol. The van der Waals surface area contributed by atoms with Gasteiger partial charge in [0.15, 0.2) is 0 Å². The molecule has 0 aliphatic heterocycles. The monoisotopic (exact) mass is 438 g/mol. The molecule has 3 rings (SSSR count). The summed E-state index contributed by atoms with van der Waals surface area (Å²) in [6.45, 7) is -0.452. The van der Waals surface area contributed by atoms with Gasteiger partial charge in [0.1, 0.15) is 0 Å². The minimum atomic E-state index is -4.01. The highest BCUT2D eigenvalue weighted by molar-refractivity contribution is 6.38. The Morgan fingerprint density at radius 1 is 1.00 bits per heavy atom. The van der Waals surface area contributed by atoms with E-state index in [1.807, 2.05) is 0 Å². The summed E-state index contributed by atoms with van der Waals surface area (Å²) in [6.07, 6.45) is -1.09. The lowest BCUT2D eigenvalue weighted by atomic mass is 10.1. The van der Waals surface area contributed by atoms with Crippen LogP contribution in [0, 0.1) is 0 Å². The fourth-order valence-electron chi connectivity index (χ4n) is 2.41. The first kappa shape index (κ1) is 21.1. The van der Waals surface area contributed by atoms with Crippen molar-refractivity contribution in [1.82, 2.24) is 10.5 Å². The first-order valence-corrected chi connectivity index (χ1v) is 9.05. The Kier molecular flexibility index (Phi) is 6.76. The Hall–Kier alpha value is -2.58. The SMILES string of the molecule is O=C(NOC(F)(F)OCc1ccc(-c2c(Cl)cncc2Cl)cc1)c1ccccc1. The van der Waals surface area contributed by atoms with Crippen molar-refractivity contribution in [1.29, 1.82) is 0 Å². The van der Waals surface area contributed by atoms with E-state index in [9.17, 15) is 13.6 Å². The van der Waals surface area contributed by atoms with E-state index in [0.29, 0.717) is 26.7 Å². The molecular formula is C20H14Cl2F2N2O3. The smallest absolute Gasteiger partial charge is 0.289 e. The summed E-state index contributed by atoms with van der Waals surface area (Å²) in [4.78, 5) is 19.7. The lowest BCUT2D eigenvalue weighted by molar-refractivity contribution is -0.411. The van der Waals surface area contributed by atoms with Crippen molar-refractivity contribution >= 4 is 29.1 Å². The van der Waals surface area contributed by atoms with Gasteiger partial charge < -0.3 is 0 Å². The summed E-state index contributed by atoms with van der Waals surface area (Å²) in [5.74, 6) is -0.815. The average Bonchev–Trinajstić information content (AvgIpc) is 2.72. The van der Waals surface area contributed by atoms with Gasteiger partial charge in [-0.3, -0.25) is 14.5 Å². The second kappa shape index (κ2) is 9.28. The molecule has 0 saturated heterocycles. The number of ether oxygens (including phenoxy) is 1. The van der Waals surface area contributed by atoms with Crippen LogP contribution in [0.2, 0.25) is 10.0 Å². The predicted molar refractivity (Wildman–Crippen MR) is 104 cm³/mol. The highest BCUT2D eigenvalue weighted by Gasteiger charge is 2.34. The maximum Gasteiger partial charge on any atom is 0.507 e. The molecule has 1 amide bonds. The molecule has 0 bridgehead atoms. The van der Waals surface area contributed by atoms with Crippen molar-refractivity contribution in [3.63, 3.8) is 0 Å². The molecule has 0 fully saturated rings. The first-order valence-electron chi connectivity index (χ1n) is 8.29. The highest BCUT2D eigenvalue weighted by Crippen LogP contribution is 2.33. The van der Waals surface area contributed by atoms with Crippen LogP contribution in [0.25, 0.3) is 11.1 Å². The molecular weight excluding hydrogens is 425 g/mol. The zero-order chi connectivity index (χ0) is 20.9. The second-order valence-electron chi connectivity index (χ2n) is 5.83. The number of hydroxylamine groups is 1. The molecule has 2 aromatic carbocycles. The maximum absolute atomic E-state index is 13.7. The normalized spacial score (nSPS) is 11.3. The zero-order valence-corrected chi connectivity index (χ0v) is 16.3. The van der Waals surface area contributed by atoms with Crippen LogP contribution in [-0.4, -0.2) is 17.2 Å². The van der Waals surface area contributed by atoms with E-state index in [1.54, 1.807) is 47.9 Å². The van der Waals surface area contributed by atoms with Gasteiger partial charge in [-0.2, -0.15) is 4.84 Å². The van der Waals surface area contributed by atoms with E-state index in [0.717, 1.165) is 0 Å². The number of nitrogens with one attached hydrogen (secondary N) is 1. The zero-order valence-electron chi connectivity index (χ0n) is 14.7. The van der Waals surface area contributed by atoms with Crippen LogP contribution < -0.4 is 5.48 Å². The third kappa shape index (κ3) is 5.71. The molecule has 150 valence electrons. The van der Waals surface area contributed by atoms with Crippen LogP contribution in [-0.2, 0) is 16.2 Å². The molecule has 5 nitrogen and oxygen atoms in total. The fourth-order valence-corrected chi connectivity index (χ4v) is 2.99. The van der Waals surface area contributed by atoms with Crippen LogP contribution in [0.5, 0.6) is 0 Å². The van der Waals surface area contributed by atoms with Crippen molar-refractivity contribution in [3.05, 3.63) is 88.2 Å². The van der Waals surface area contributed by atoms with Crippen molar-refractivity contribution in [2.75, 3.05) is 0 Å². The molecule has 0 spiro atoms. The summed E-state index contributed by atoms with van der Waals surface area (Å²) in [5.41, 5.74) is 3.58. The van der Waals surface area contributed by atoms with E-state index < -0.39 is 18.8 Å². The van der Waals surface area contributed by atoms with E-state index in [1.165, 1.54) is 24.5 Å². The highest BCUT2D eigenvalue weighted by atomic mass is 35.5. The van der Waals surface area contributed by atoms with Crippen molar-refractivity contribution in [2.24, 2.45) is 0 Å². The third-order valence-corrected chi connectivity index (χ3v) is 4.37. The standard InChI is InChI=1S/C20H14Cl2F2N2O3/c21-16-10-25-11-17(22)18(16)14-8-6-13(7-9-14)12-28-20(23,24)29-26-19(27)15-4-2-1-3-5-15/h1-11H,12H2,(H,26,27). The molecule has 0 radical (unpaired) electrons. The molecule has 1 N–H and O–H groups in total. The van der Waals surface area contributed by atoms with Gasteiger partial charge in [-0.15, -0.1) is 8.78 Å². The van der Waals surface area contributed by atoms with Gasteiger partial charge in [0.2, 0.25) is 0 Å². The number of benzene rings is 2. The van der Waals surface area contributed by atoms with Gasteiger partial charge in [-0.25, -0.2) is 5.48 Å². The maximum atomic E-state index is 13.7. The molecule has 0 unspecified atom stereocenters. The van der Waals surface area contributed by atoms with Crippen molar-refractivity contribution in [3.8, 4) is 11.1 Å². The van der Waals surface area contributed by atoms with Gasteiger partial charge in [0.05, 0.1) is 16.7 Å². The number of amides is 1. The number of carbonyl (C=O) groups excluding carboxylic acids is 1. The van der Waals surface area contributed by atoms with E-state index in [-0.39, 0.29) is 5.56 Å². The topological polar surface area (TPSA) is 60.5 Å². The quantitative estimate of drug-likeness (QED) is 0.391. The molecule has 1 aromatic heterocycles. The minimum absolute atomic E-state index is 0.173. The number of hydrogen-bond donors (Lipinski definition) is 1. The minimum Gasteiger partial charge on any atom is -0.289 e. The van der Waals surface area contributed by atoms with Crippen LogP contribution in [0.3, 0.4) is 0 Å². The Morgan fingerprint density at radius 2 is 1.62 bits per heavy atom. The Balaban J connectivity index is 1.57. The number of pyridine rings is 1. The Bertz CT molecular complexity index is 967. The summed E-state index contributed by atoms with van der Waals surface area (Å²) >= 11 is 12.2. The summed E-state index contributed by atoms with van der Waals surface area (Å²) < 4.78 is 31.9. The molecule has 0 aliphatic carbocycles. The molecule has 9 heteroatoms. The molecule has 1 heterocycles. The van der Waals surface area contributed by atoms with Crippen LogP contribution in [0.15, 0.2) is 67.0 Å². The molecule has 29 heavy (non-hydrogen) atoms. The lowest BCUT2D eigenvalue weighted by Crippen LogP contribution is -2.35. The third-order valence-electron chi connectivity index (χ3n) is 3.80. The number of aromatic nitrogens is 1. The molecule has 0 atom stereocenters. The van der Waals surface area contributed by atoms with Gasteiger partial charge in [0.25, 0.3) is 5.91 Å². The van der Waals surface area contributed by atoms with Crippen molar-refractivity contribution in [2.45, 2.75) is 12.9 Å².